The average Bonchev–Trinajstić information content (AvgIpc) is 2.44. The van der Waals surface area contributed by atoms with Gasteiger partial charge in [0.1, 0.15) is 5.60 Å². The zero-order valence-corrected chi connectivity index (χ0v) is 17.1. The minimum atomic E-state index is -0.488. The first-order chi connectivity index (χ1) is 10.6. The first kappa shape index (κ1) is 20.0. The smallest absolute Gasteiger partial charge is 0.408 e. The van der Waals surface area contributed by atoms with Crippen LogP contribution in [0, 0.1) is 12.8 Å². The summed E-state index contributed by atoms with van der Waals surface area (Å²) in [5.74, 6) is 0.331. The molecule has 128 valence electrons. The van der Waals surface area contributed by atoms with Gasteiger partial charge in [-0.2, -0.15) is 0 Å². The zero-order chi connectivity index (χ0) is 17.6. The molecule has 1 aromatic carbocycles. The molecule has 0 fully saturated rings. The monoisotopic (exact) mass is 429 g/mol. The van der Waals surface area contributed by atoms with Crippen molar-refractivity contribution in [3.05, 3.63) is 41.5 Å². The fraction of sp³-hybridized carbons (Fsp3) is 0.526. The third-order valence-electron chi connectivity index (χ3n) is 3.59. The van der Waals surface area contributed by atoms with E-state index in [9.17, 15) is 4.79 Å². The van der Waals surface area contributed by atoms with Crippen LogP contribution in [0.5, 0.6) is 0 Å². The van der Waals surface area contributed by atoms with Crippen LogP contribution in [0.1, 0.15) is 52.2 Å². The predicted octanol–water partition coefficient (Wildman–Crippen LogP) is 5.71. The lowest BCUT2D eigenvalue weighted by Crippen LogP contribution is -2.41. The Morgan fingerprint density at radius 1 is 1.30 bits per heavy atom. The van der Waals surface area contributed by atoms with Gasteiger partial charge in [0.05, 0.1) is 6.04 Å². The summed E-state index contributed by atoms with van der Waals surface area (Å²) in [5.41, 5.74) is 1.91. The van der Waals surface area contributed by atoms with Crippen LogP contribution in [-0.2, 0) is 4.74 Å². The van der Waals surface area contributed by atoms with Crippen LogP contribution in [0.2, 0.25) is 0 Å². The summed E-state index contributed by atoms with van der Waals surface area (Å²) in [6.07, 6.45) is 2.73. The first-order valence-electron chi connectivity index (χ1n) is 8.06. The van der Waals surface area contributed by atoms with Crippen molar-refractivity contribution < 1.29 is 9.53 Å². The number of nitrogens with one attached hydrogen (secondary N) is 1. The predicted molar refractivity (Wildman–Crippen MR) is 106 cm³/mol. The van der Waals surface area contributed by atoms with Gasteiger partial charge < -0.3 is 10.1 Å². The fourth-order valence-electron chi connectivity index (χ4n) is 2.01. The average molecular weight is 429 g/mol. The molecule has 0 heterocycles. The molecular formula is C19H28INO2. The van der Waals surface area contributed by atoms with Crippen LogP contribution in [0.4, 0.5) is 4.79 Å². The zero-order valence-electron chi connectivity index (χ0n) is 14.9. The van der Waals surface area contributed by atoms with E-state index in [4.69, 9.17) is 4.74 Å². The molecule has 0 spiro atoms. The van der Waals surface area contributed by atoms with Gasteiger partial charge in [-0.05, 0) is 67.8 Å². The lowest BCUT2D eigenvalue weighted by Gasteiger charge is -2.25. The van der Waals surface area contributed by atoms with Crippen molar-refractivity contribution in [2.75, 3.05) is 0 Å². The van der Waals surface area contributed by atoms with Gasteiger partial charge in [-0.15, -0.1) is 0 Å². The van der Waals surface area contributed by atoms with Gasteiger partial charge in [0.2, 0.25) is 0 Å². The molecule has 1 amide bonds. The molecule has 23 heavy (non-hydrogen) atoms. The van der Waals surface area contributed by atoms with E-state index in [1.807, 2.05) is 20.8 Å². The number of aryl methyl sites for hydroxylation is 1. The second-order valence-electron chi connectivity index (χ2n) is 6.94. The van der Waals surface area contributed by atoms with E-state index in [1.54, 1.807) is 0 Å². The number of carbonyl (C=O) groups excluding carboxylic acids is 1. The van der Waals surface area contributed by atoms with Gasteiger partial charge in [0.25, 0.3) is 0 Å². The van der Waals surface area contributed by atoms with Crippen molar-refractivity contribution in [3.63, 3.8) is 0 Å². The maximum atomic E-state index is 12.1. The number of hydrogen-bond donors (Lipinski definition) is 1. The van der Waals surface area contributed by atoms with Gasteiger partial charge in [-0.25, -0.2) is 4.79 Å². The van der Waals surface area contributed by atoms with Crippen LogP contribution in [0.15, 0.2) is 30.3 Å². The van der Waals surface area contributed by atoms with E-state index in [1.165, 1.54) is 5.56 Å². The standard InChI is InChI=1S/C19H28INO2/c1-7-14(3)17(21-18(22)23-19(4,5)6)12-16(20)15-10-8-13(2)9-11-15/h8-12,14,17H,7H2,1-6H3,(H,21,22)/t14-,17+/m0/s1. The molecule has 1 N–H and O–H groups in total. The first-order valence-corrected chi connectivity index (χ1v) is 9.14. The minimum absolute atomic E-state index is 0.0527. The highest BCUT2D eigenvalue weighted by molar-refractivity contribution is 14.1. The molecule has 0 saturated carbocycles. The molecule has 3 nitrogen and oxygen atoms in total. The third kappa shape index (κ3) is 7.38. The molecular weight excluding hydrogens is 401 g/mol. The SMILES string of the molecule is CC[C@H](C)[C@@H](C=C(I)c1ccc(C)cc1)NC(=O)OC(C)(C)C. The Morgan fingerprint density at radius 2 is 1.87 bits per heavy atom. The summed E-state index contributed by atoms with van der Waals surface area (Å²) in [6, 6.07) is 8.36. The van der Waals surface area contributed by atoms with Gasteiger partial charge in [0, 0.05) is 3.58 Å². The number of carbonyl (C=O) groups is 1. The van der Waals surface area contributed by atoms with Crippen molar-refractivity contribution in [1.82, 2.24) is 5.32 Å². The summed E-state index contributed by atoms with van der Waals surface area (Å²) in [6.45, 7) is 12.0. The van der Waals surface area contributed by atoms with Crippen molar-refractivity contribution in [2.24, 2.45) is 5.92 Å². The Hall–Kier alpha value is -1.04. The molecule has 0 aliphatic carbocycles. The summed E-state index contributed by atoms with van der Waals surface area (Å²) in [5, 5.41) is 2.99. The van der Waals surface area contributed by atoms with E-state index in [0.717, 1.165) is 15.6 Å². The molecule has 0 bridgehead atoms. The van der Waals surface area contributed by atoms with Crippen molar-refractivity contribution in [1.29, 1.82) is 0 Å². The Morgan fingerprint density at radius 3 is 2.35 bits per heavy atom. The quantitative estimate of drug-likeness (QED) is 0.609. The molecule has 0 aliphatic heterocycles. The van der Waals surface area contributed by atoms with E-state index in [0.29, 0.717) is 5.92 Å². The molecule has 2 atom stereocenters. The normalized spacial score (nSPS) is 15.0. The van der Waals surface area contributed by atoms with Crippen molar-refractivity contribution >= 4 is 32.3 Å². The van der Waals surface area contributed by atoms with Crippen LogP contribution >= 0.6 is 22.6 Å². The topological polar surface area (TPSA) is 38.3 Å². The second kappa shape index (κ2) is 8.71. The van der Waals surface area contributed by atoms with E-state index >= 15 is 0 Å². The highest BCUT2D eigenvalue weighted by Crippen LogP contribution is 2.25. The highest BCUT2D eigenvalue weighted by Gasteiger charge is 2.21. The summed E-state index contributed by atoms with van der Waals surface area (Å²) in [7, 11) is 0. The van der Waals surface area contributed by atoms with E-state index in [-0.39, 0.29) is 12.1 Å². The number of halogens is 1. The maximum absolute atomic E-state index is 12.1. The Balaban J connectivity index is 2.91. The second-order valence-corrected chi connectivity index (χ2v) is 8.10. The number of rotatable bonds is 5. The molecule has 0 aliphatic rings. The lowest BCUT2D eigenvalue weighted by molar-refractivity contribution is 0.0502. The van der Waals surface area contributed by atoms with E-state index in [2.05, 4.69) is 79.0 Å². The molecule has 0 radical (unpaired) electrons. The van der Waals surface area contributed by atoms with Gasteiger partial charge >= 0.3 is 6.09 Å². The van der Waals surface area contributed by atoms with Crippen molar-refractivity contribution in [3.8, 4) is 0 Å². The molecule has 1 aromatic rings. The molecule has 0 unspecified atom stereocenters. The largest absolute Gasteiger partial charge is 0.444 e. The molecule has 4 heteroatoms. The van der Waals surface area contributed by atoms with E-state index < -0.39 is 5.60 Å². The number of benzene rings is 1. The van der Waals surface area contributed by atoms with Gasteiger partial charge in [-0.1, -0.05) is 50.1 Å². The molecule has 1 rings (SSSR count). The fourth-order valence-corrected chi connectivity index (χ4v) is 2.76. The Labute approximate surface area is 154 Å². The highest BCUT2D eigenvalue weighted by atomic mass is 127. The minimum Gasteiger partial charge on any atom is -0.444 e. The van der Waals surface area contributed by atoms with Crippen LogP contribution < -0.4 is 5.32 Å². The molecule has 0 aromatic heterocycles. The number of amides is 1. The lowest BCUT2D eigenvalue weighted by atomic mass is 9.98. The summed E-state index contributed by atoms with van der Waals surface area (Å²) in [4.78, 5) is 12.1. The summed E-state index contributed by atoms with van der Waals surface area (Å²) < 4.78 is 6.51. The number of ether oxygens (including phenoxy) is 1. The van der Waals surface area contributed by atoms with Crippen LogP contribution in [-0.4, -0.2) is 17.7 Å². The number of alkyl carbamates (subject to hydrolysis) is 1. The Bertz CT molecular complexity index is 543. The van der Waals surface area contributed by atoms with Gasteiger partial charge in [-0.3, -0.25) is 0 Å². The van der Waals surface area contributed by atoms with Crippen LogP contribution in [0.25, 0.3) is 3.58 Å². The Kier molecular flexibility index (Phi) is 7.58. The van der Waals surface area contributed by atoms with Gasteiger partial charge in [0.15, 0.2) is 0 Å². The molecule has 0 saturated heterocycles. The van der Waals surface area contributed by atoms with Crippen LogP contribution in [0.3, 0.4) is 0 Å². The maximum Gasteiger partial charge on any atom is 0.408 e. The summed E-state index contributed by atoms with van der Waals surface area (Å²) >= 11 is 2.33. The van der Waals surface area contributed by atoms with Crippen molar-refractivity contribution in [2.45, 2.75) is 59.6 Å². The third-order valence-corrected chi connectivity index (χ3v) is 4.58. The number of hydrogen-bond acceptors (Lipinski definition) is 2.